The molecule has 4 aliphatic heterocycles. The highest BCUT2D eigenvalue weighted by molar-refractivity contribution is 7.09. The summed E-state index contributed by atoms with van der Waals surface area (Å²) in [6.07, 6.45) is 6.82. The summed E-state index contributed by atoms with van der Waals surface area (Å²) in [5.41, 5.74) is 18.8. The van der Waals surface area contributed by atoms with Crippen LogP contribution in [0.5, 0.6) is 0 Å². The Hall–Kier alpha value is -8.33. The first kappa shape index (κ1) is 70.1. The molecule has 2 aromatic rings. The number of hydrogen-bond acceptors (Lipinski definition) is 18. The van der Waals surface area contributed by atoms with Crippen LogP contribution in [0, 0.1) is 22.1 Å². The molecule has 31 nitrogen and oxygen atoms in total. The number of carbonyl (C=O) groups excluding carboxylic acids is 9. The molecular weight excluding hydrogens is 1200 g/mol. The summed E-state index contributed by atoms with van der Waals surface area (Å²) in [6.45, 7) is -0.414. The number of aliphatic hydroxyl groups excluding tert-OH is 1. The standard InChI is InChI=1S/C59H89N19O12S/c60-37(15-5-21-66-57(61)62)48(81)73-39(17-6-22-67-58(63)64)52(85)77-25-9-20-45(77)55(88)76-24-8-19-44(76)51(84)70-31-47(80)72-40(29-36-14-10-26-91-36)49(82)74-43(32-79)50(83)75-59(65)68-23-7-18-46(56(89)90)78(54(87)42-28-34-12-3-4-16-38(34)71-42)53(86)41-27-33-11-1-2-13-35(33)30-69-41/h1-2,10-11,13-14,26,34,37-46,69,71,79H,3-9,12,15-25,27-32,60H2,(H,70,84)(H,72,80)(H,73,81)(H,74,82)(H,89,90)(H4,61,62,66)(H4,63,64,67)(H3,65,68,75,83)/t34-,37+,38-,39-,40-,41+,42?,43-,44-,45-,46-/m0/s1. The first-order valence-corrected chi connectivity index (χ1v) is 32.1. The quantitative estimate of drug-likeness (QED) is 0.0157. The first-order chi connectivity index (χ1) is 43.6. The Labute approximate surface area is 531 Å². The number of likely N-dealkylation sites (tertiary alicyclic amines) is 2. The number of hydrogen-bond donors (Lipinski definition) is 18. The number of thiophene rings is 1. The number of amides is 9. The SMILES string of the molecule is N=C(N)NCCC[C@@H](N)C(=O)N[C@@H](CCCNC(=N)N)C(=O)N1CCC[C@H]1C(=O)N1CCC[C@H]1C(=O)NCC(=O)N[C@@H](Cc1cccs1)C(=O)N[C@@H](CO)C(=O)NC(=N)NCCC[C@@H](C(=O)O)N(C(=O)C1C[C@@H]2CCCC[C@@H]2N1)C(=O)[C@H]1Cc2ccccc2CN1. The minimum atomic E-state index is -1.64. The van der Waals surface area contributed by atoms with Crippen molar-refractivity contribution in [2.45, 2.75) is 176 Å². The molecule has 3 saturated heterocycles. The number of carboxylic acids is 1. The van der Waals surface area contributed by atoms with Crippen LogP contribution in [0.1, 0.15) is 112 Å². The molecule has 1 aliphatic carbocycles. The summed E-state index contributed by atoms with van der Waals surface area (Å²) in [5.74, 6) is -8.48. The molecule has 0 spiro atoms. The van der Waals surface area contributed by atoms with E-state index in [1.165, 1.54) is 21.1 Å². The van der Waals surface area contributed by atoms with Crippen LogP contribution < -0.4 is 70.4 Å². The Morgan fingerprint density at radius 3 is 2.02 bits per heavy atom. The predicted molar refractivity (Wildman–Crippen MR) is 334 cm³/mol. The summed E-state index contributed by atoms with van der Waals surface area (Å²) < 4.78 is 0. The van der Waals surface area contributed by atoms with Gasteiger partial charge in [-0.05, 0) is 118 Å². The van der Waals surface area contributed by atoms with E-state index in [0.717, 1.165) is 41.7 Å². The second-order valence-electron chi connectivity index (χ2n) is 23.7. The monoisotopic (exact) mass is 1290 g/mol. The van der Waals surface area contributed by atoms with E-state index in [0.29, 0.717) is 50.1 Å². The molecule has 0 bridgehead atoms. The van der Waals surface area contributed by atoms with Crippen LogP contribution >= 0.6 is 11.3 Å². The van der Waals surface area contributed by atoms with Gasteiger partial charge in [0.25, 0.3) is 5.91 Å². The van der Waals surface area contributed by atoms with Gasteiger partial charge in [-0.25, -0.2) is 4.79 Å². The van der Waals surface area contributed by atoms with E-state index in [2.05, 4.69) is 53.2 Å². The van der Waals surface area contributed by atoms with Gasteiger partial charge in [0.2, 0.25) is 47.3 Å². The van der Waals surface area contributed by atoms with Gasteiger partial charge in [0.15, 0.2) is 17.9 Å². The molecular formula is C59H89N19O12S. The average molecular weight is 1290 g/mol. The van der Waals surface area contributed by atoms with Crippen molar-refractivity contribution in [3.8, 4) is 0 Å². The topological polar surface area (TPSA) is 491 Å². The molecule has 0 radical (unpaired) electrons. The molecule has 32 heteroatoms. The molecule has 498 valence electrons. The first-order valence-electron chi connectivity index (χ1n) is 31.3. The minimum Gasteiger partial charge on any atom is -0.480 e. The molecule has 4 fully saturated rings. The number of aliphatic carboxylic acids is 1. The second kappa shape index (κ2) is 34.2. The van der Waals surface area contributed by atoms with Crippen molar-refractivity contribution in [2.75, 3.05) is 45.9 Å². The smallest absolute Gasteiger partial charge is 0.326 e. The van der Waals surface area contributed by atoms with Gasteiger partial charge in [-0.2, -0.15) is 0 Å². The predicted octanol–water partition coefficient (Wildman–Crippen LogP) is -3.45. The lowest BCUT2D eigenvalue weighted by Gasteiger charge is -2.34. The fourth-order valence-corrected chi connectivity index (χ4v) is 13.3. The second-order valence-corrected chi connectivity index (χ2v) is 24.8. The van der Waals surface area contributed by atoms with Crippen LogP contribution in [-0.4, -0.2) is 208 Å². The maximum Gasteiger partial charge on any atom is 0.326 e. The van der Waals surface area contributed by atoms with Gasteiger partial charge >= 0.3 is 5.97 Å². The van der Waals surface area contributed by atoms with E-state index in [9.17, 15) is 58.2 Å². The zero-order valence-electron chi connectivity index (χ0n) is 51.0. The Bertz CT molecular complexity index is 2940. The number of nitrogens with one attached hydrogen (secondary N) is 13. The lowest BCUT2D eigenvalue weighted by molar-refractivity contribution is -0.160. The normalized spacial score (nSPS) is 21.6. The lowest BCUT2D eigenvalue weighted by atomic mass is 9.85. The number of fused-ring (bicyclic) bond motifs is 2. The van der Waals surface area contributed by atoms with Gasteiger partial charge in [0.05, 0.1) is 31.3 Å². The molecule has 1 aromatic carbocycles. The summed E-state index contributed by atoms with van der Waals surface area (Å²) in [6, 6.07) is 0.889. The number of nitrogens with zero attached hydrogens (tertiary/aromatic N) is 3. The Morgan fingerprint density at radius 1 is 0.692 bits per heavy atom. The molecule has 5 heterocycles. The van der Waals surface area contributed by atoms with Gasteiger partial charge in [-0.15, -0.1) is 11.3 Å². The van der Waals surface area contributed by atoms with Gasteiger partial charge in [-0.1, -0.05) is 43.2 Å². The van der Waals surface area contributed by atoms with Crippen LogP contribution in [0.2, 0.25) is 0 Å². The highest BCUT2D eigenvalue weighted by atomic mass is 32.1. The fraction of sp³-hybridized carbons (Fsp3) is 0.610. The van der Waals surface area contributed by atoms with E-state index >= 15 is 0 Å². The van der Waals surface area contributed by atoms with Crippen LogP contribution in [-0.2, 0) is 67.3 Å². The summed E-state index contributed by atoms with van der Waals surface area (Å²) in [4.78, 5) is 143. The van der Waals surface area contributed by atoms with E-state index in [4.69, 9.17) is 33.4 Å². The third-order valence-corrected chi connectivity index (χ3v) is 18.2. The Morgan fingerprint density at radius 2 is 1.34 bits per heavy atom. The Balaban J connectivity index is 0.903. The van der Waals surface area contributed by atoms with Crippen LogP contribution in [0.4, 0.5) is 0 Å². The summed E-state index contributed by atoms with van der Waals surface area (Å²) in [5, 5.41) is 73.0. The summed E-state index contributed by atoms with van der Waals surface area (Å²) >= 11 is 1.28. The largest absolute Gasteiger partial charge is 0.480 e. The van der Waals surface area contributed by atoms with E-state index in [1.807, 2.05) is 24.3 Å². The molecule has 1 unspecified atom stereocenters. The third kappa shape index (κ3) is 19.8. The third-order valence-electron chi connectivity index (χ3n) is 17.3. The molecule has 21 N–H and O–H groups in total. The van der Waals surface area contributed by atoms with Gasteiger partial charge < -0.3 is 85.1 Å². The zero-order valence-corrected chi connectivity index (χ0v) is 51.8. The minimum absolute atomic E-state index is 0.0242. The highest BCUT2D eigenvalue weighted by Crippen LogP contribution is 2.35. The van der Waals surface area contributed by atoms with Crippen LogP contribution in [0.15, 0.2) is 41.8 Å². The van der Waals surface area contributed by atoms with Crippen molar-refractivity contribution in [3.05, 3.63) is 57.8 Å². The van der Waals surface area contributed by atoms with E-state index in [-0.39, 0.29) is 101 Å². The summed E-state index contributed by atoms with van der Waals surface area (Å²) in [7, 11) is 0. The molecule has 7 rings (SSSR count). The highest BCUT2D eigenvalue weighted by Gasteiger charge is 2.47. The van der Waals surface area contributed by atoms with Gasteiger partial charge in [-0.3, -0.25) is 69.6 Å². The maximum atomic E-state index is 14.4. The molecule has 5 aliphatic rings. The molecule has 1 aromatic heterocycles. The number of rotatable bonds is 30. The Kier molecular flexibility index (Phi) is 26.4. The number of imide groups is 1. The maximum absolute atomic E-state index is 14.4. The fourth-order valence-electron chi connectivity index (χ4n) is 12.6. The van der Waals surface area contributed by atoms with Gasteiger partial charge in [0.1, 0.15) is 36.3 Å². The van der Waals surface area contributed by atoms with E-state index in [1.54, 1.807) is 17.5 Å². The number of carbonyl (C=O) groups is 10. The van der Waals surface area contributed by atoms with Crippen LogP contribution in [0.25, 0.3) is 0 Å². The number of benzene rings is 1. The number of aliphatic hydroxyl groups is 1. The van der Waals surface area contributed by atoms with Crippen molar-refractivity contribution in [1.29, 1.82) is 16.2 Å². The average Bonchev–Trinajstić information content (AvgIpc) is 1.85. The number of nitrogens with two attached hydrogens (primary N) is 3. The van der Waals surface area contributed by atoms with Crippen molar-refractivity contribution < 1.29 is 58.2 Å². The zero-order chi connectivity index (χ0) is 65.7. The van der Waals surface area contributed by atoms with E-state index < -0.39 is 133 Å². The molecule has 1 saturated carbocycles. The van der Waals surface area contributed by atoms with Crippen molar-refractivity contribution >= 4 is 88.3 Å². The lowest BCUT2D eigenvalue weighted by Crippen LogP contribution is -2.60. The molecule has 91 heavy (non-hydrogen) atoms. The van der Waals surface area contributed by atoms with Crippen molar-refractivity contribution in [3.63, 3.8) is 0 Å². The molecule has 9 amide bonds. The number of guanidine groups is 3. The molecule has 11 atom stereocenters. The van der Waals surface area contributed by atoms with Crippen molar-refractivity contribution in [1.82, 2.24) is 67.9 Å². The number of carboxylic acid groups (broad SMARTS) is 1. The van der Waals surface area contributed by atoms with Crippen molar-refractivity contribution in [2.24, 2.45) is 23.1 Å². The van der Waals surface area contributed by atoms with Crippen LogP contribution in [0.3, 0.4) is 0 Å². The van der Waals surface area contributed by atoms with Gasteiger partial charge in [0, 0.05) is 56.6 Å².